The molecule has 0 aliphatic rings. The van der Waals surface area contributed by atoms with Gasteiger partial charge in [-0.3, -0.25) is 9.78 Å². The van der Waals surface area contributed by atoms with Crippen LogP contribution in [0, 0.1) is 0 Å². The fourth-order valence-corrected chi connectivity index (χ4v) is 3.00. The van der Waals surface area contributed by atoms with Crippen molar-refractivity contribution < 1.29 is 14.6 Å². The molecule has 4 aromatic rings. The van der Waals surface area contributed by atoms with Crippen molar-refractivity contribution in [1.29, 1.82) is 0 Å². The Kier molecular flexibility index (Phi) is 4.50. The first-order valence-electron chi connectivity index (χ1n) is 7.86. The second-order valence-electron chi connectivity index (χ2n) is 5.70. The lowest BCUT2D eigenvalue weighted by Crippen LogP contribution is -2.14. The molecule has 2 aromatic carbocycles. The number of ether oxygens (including phenoxy) is 1. The van der Waals surface area contributed by atoms with Crippen molar-refractivity contribution in [3.63, 3.8) is 0 Å². The number of hydrogen-bond acceptors (Lipinski definition) is 5. The lowest BCUT2D eigenvalue weighted by atomic mass is 10.2. The Morgan fingerprint density at radius 2 is 1.93 bits per heavy atom. The number of aromatic nitrogens is 4. The van der Waals surface area contributed by atoms with Crippen LogP contribution in [0.15, 0.2) is 53.6 Å². The molecule has 2 heterocycles. The number of carboxylic acid groups (broad SMARTS) is 1. The van der Waals surface area contributed by atoms with E-state index in [4.69, 9.17) is 33.0 Å². The summed E-state index contributed by atoms with van der Waals surface area (Å²) in [6, 6.07) is 9.69. The van der Waals surface area contributed by atoms with Crippen LogP contribution in [0.25, 0.3) is 16.9 Å². The molecule has 0 amide bonds. The number of carboxylic acids is 1. The Morgan fingerprint density at radius 3 is 2.61 bits per heavy atom. The molecule has 2 N–H and O–H groups in total. The monoisotopic (exact) mass is 416 g/mol. The highest BCUT2D eigenvalue weighted by molar-refractivity contribution is 6.37. The summed E-state index contributed by atoms with van der Waals surface area (Å²) in [4.78, 5) is 30.3. The minimum atomic E-state index is -1.13. The average Bonchev–Trinajstić information content (AvgIpc) is 3.16. The SMILES string of the molecule is O=C(O)c1cnn(-c2nc3ccc(Oc4c(Cl)cccc4Cl)cc3c(=O)[nH]2)c1. The highest BCUT2D eigenvalue weighted by atomic mass is 35.5. The summed E-state index contributed by atoms with van der Waals surface area (Å²) in [6.45, 7) is 0. The average molecular weight is 417 g/mol. The highest BCUT2D eigenvalue weighted by Gasteiger charge is 2.13. The quantitative estimate of drug-likeness (QED) is 0.521. The van der Waals surface area contributed by atoms with Crippen LogP contribution in [0.1, 0.15) is 10.4 Å². The Labute approximate surface area is 166 Å². The van der Waals surface area contributed by atoms with E-state index in [1.807, 2.05) is 0 Å². The summed E-state index contributed by atoms with van der Waals surface area (Å²) in [6.07, 6.45) is 2.42. The van der Waals surface area contributed by atoms with E-state index in [1.54, 1.807) is 30.3 Å². The van der Waals surface area contributed by atoms with E-state index in [1.165, 1.54) is 16.9 Å². The number of aromatic amines is 1. The molecule has 28 heavy (non-hydrogen) atoms. The maximum atomic E-state index is 12.5. The summed E-state index contributed by atoms with van der Waals surface area (Å²) in [7, 11) is 0. The summed E-state index contributed by atoms with van der Waals surface area (Å²) in [5, 5.41) is 13.8. The van der Waals surface area contributed by atoms with Crippen molar-refractivity contribution in [2.45, 2.75) is 0 Å². The minimum Gasteiger partial charge on any atom is -0.478 e. The number of halogens is 2. The van der Waals surface area contributed by atoms with Crippen molar-refractivity contribution >= 4 is 40.1 Å². The summed E-state index contributed by atoms with van der Waals surface area (Å²) < 4.78 is 6.90. The first-order chi connectivity index (χ1) is 13.4. The van der Waals surface area contributed by atoms with Crippen LogP contribution in [0.3, 0.4) is 0 Å². The van der Waals surface area contributed by atoms with E-state index in [-0.39, 0.29) is 22.6 Å². The topological polar surface area (TPSA) is 110 Å². The predicted octanol–water partition coefficient (Wildman–Crippen LogP) is 3.91. The number of H-pyrrole nitrogens is 1. The van der Waals surface area contributed by atoms with Gasteiger partial charge in [0.05, 0.1) is 32.7 Å². The van der Waals surface area contributed by atoms with Crippen molar-refractivity contribution in [1.82, 2.24) is 19.7 Å². The van der Waals surface area contributed by atoms with Crippen LogP contribution in [0.2, 0.25) is 10.0 Å². The molecule has 0 bridgehead atoms. The van der Waals surface area contributed by atoms with E-state index >= 15 is 0 Å². The van der Waals surface area contributed by atoms with Gasteiger partial charge in [0.2, 0.25) is 5.95 Å². The van der Waals surface area contributed by atoms with Gasteiger partial charge in [-0.2, -0.15) is 5.10 Å². The zero-order valence-electron chi connectivity index (χ0n) is 13.9. The van der Waals surface area contributed by atoms with E-state index in [0.717, 1.165) is 6.20 Å². The summed E-state index contributed by atoms with van der Waals surface area (Å²) in [5.41, 5.74) is -0.0880. The largest absolute Gasteiger partial charge is 0.478 e. The van der Waals surface area contributed by atoms with Gasteiger partial charge in [0.1, 0.15) is 5.75 Å². The van der Waals surface area contributed by atoms with Gasteiger partial charge in [-0.15, -0.1) is 0 Å². The minimum absolute atomic E-state index is 0.0249. The molecule has 8 nitrogen and oxygen atoms in total. The Hall–Kier alpha value is -3.36. The second-order valence-corrected chi connectivity index (χ2v) is 6.51. The molecule has 0 aliphatic carbocycles. The molecule has 0 saturated carbocycles. The number of fused-ring (bicyclic) bond motifs is 1. The zero-order chi connectivity index (χ0) is 19.8. The number of rotatable bonds is 4. The molecule has 2 aromatic heterocycles. The molecule has 0 fully saturated rings. The van der Waals surface area contributed by atoms with Gasteiger partial charge in [-0.1, -0.05) is 29.3 Å². The predicted molar refractivity (Wildman–Crippen MR) is 103 cm³/mol. The number of para-hydroxylation sites is 1. The molecular weight excluding hydrogens is 407 g/mol. The lowest BCUT2D eigenvalue weighted by Gasteiger charge is -2.10. The third-order valence-electron chi connectivity index (χ3n) is 3.85. The highest BCUT2D eigenvalue weighted by Crippen LogP contribution is 2.36. The third-order valence-corrected chi connectivity index (χ3v) is 4.44. The summed E-state index contributed by atoms with van der Waals surface area (Å²) in [5.74, 6) is -0.402. The molecule has 0 spiro atoms. The fraction of sp³-hybridized carbons (Fsp3) is 0. The van der Waals surface area contributed by atoms with Crippen molar-refractivity contribution in [3.05, 3.63) is 74.8 Å². The standard InChI is InChI=1S/C18H10Cl2N4O4/c19-12-2-1-3-13(20)15(12)28-10-4-5-14-11(6-10)16(25)23-18(22-14)24-8-9(7-21-24)17(26)27/h1-8H,(H,26,27)(H,22,23,25). The zero-order valence-corrected chi connectivity index (χ0v) is 15.4. The van der Waals surface area contributed by atoms with Crippen molar-refractivity contribution in [3.8, 4) is 17.4 Å². The fourth-order valence-electron chi connectivity index (χ4n) is 2.52. The van der Waals surface area contributed by atoms with Gasteiger partial charge >= 0.3 is 5.97 Å². The smallest absolute Gasteiger partial charge is 0.338 e. The van der Waals surface area contributed by atoms with Gasteiger partial charge < -0.3 is 9.84 Å². The van der Waals surface area contributed by atoms with Crippen molar-refractivity contribution in [2.24, 2.45) is 0 Å². The molecule has 10 heteroatoms. The lowest BCUT2D eigenvalue weighted by molar-refractivity contribution is 0.0697. The molecule has 140 valence electrons. The first-order valence-corrected chi connectivity index (χ1v) is 8.62. The number of carbonyl (C=O) groups is 1. The maximum Gasteiger partial charge on any atom is 0.338 e. The Morgan fingerprint density at radius 1 is 1.18 bits per heavy atom. The second kappa shape index (κ2) is 6.99. The Bertz CT molecular complexity index is 1260. The third kappa shape index (κ3) is 3.30. The number of benzene rings is 2. The number of nitrogens with one attached hydrogen (secondary N) is 1. The van der Waals surface area contributed by atoms with E-state index in [9.17, 15) is 9.59 Å². The van der Waals surface area contributed by atoms with Gasteiger partial charge in [0.15, 0.2) is 5.75 Å². The van der Waals surface area contributed by atoms with Gasteiger partial charge in [-0.05, 0) is 30.3 Å². The van der Waals surface area contributed by atoms with Crippen LogP contribution >= 0.6 is 23.2 Å². The van der Waals surface area contributed by atoms with Gasteiger partial charge in [-0.25, -0.2) is 14.5 Å². The van der Waals surface area contributed by atoms with E-state index in [0.29, 0.717) is 21.3 Å². The molecule has 4 rings (SSSR count). The number of nitrogens with zero attached hydrogens (tertiary/aromatic N) is 3. The van der Waals surface area contributed by atoms with E-state index in [2.05, 4.69) is 15.1 Å². The Balaban J connectivity index is 1.74. The first kappa shape index (κ1) is 18.0. The van der Waals surface area contributed by atoms with Crippen LogP contribution < -0.4 is 10.3 Å². The number of aromatic carboxylic acids is 1. The van der Waals surface area contributed by atoms with Gasteiger partial charge in [0, 0.05) is 6.20 Å². The summed E-state index contributed by atoms with van der Waals surface area (Å²) >= 11 is 12.2. The van der Waals surface area contributed by atoms with Crippen molar-refractivity contribution in [2.75, 3.05) is 0 Å². The van der Waals surface area contributed by atoms with Crippen LogP contribution in [0.4, 0.5) is 0 Å². The number of hydrogen-bond donors (Lipinski definition) is 2. The molecule has 0 radical (unpaired) electrons. The van der Waals surface area contributed by atoms with Crippen LogP contribution in [-0.4, -0.2) is 30.8 Å². The molecule has 0 unspecified atom stereocenters. The maximum absolute atomic E-state index is 12.5. The molecular formula is C18H10Cl2N4O4. The van der Waals surface area contributed by atoms with Gasteiger partial charge in [0.25, 0.3) is 5.56 Å². The molecule has 0 aliphatic heterocycles. The molecule has 0 atom stereocenters. The van der Waals surface area contributed by atoms with Crippen LogP contribution in [0.5, 0.6) is 11.5 Å². The normalized spacial score (nSPS) is 10.9. The van der Waals surface area contributed by atoms with Crippen LogP contribution in [-0.2, 0) is 0 Å². The molecule has 0 saturated heterocycles. The van der Waals surface area contributed by atoms with E-state index < -0.39 is 11.5 Å².